The lowest BCUT2D eigenvalue weighted by molar-refractivity contribution is -0.148. The van der Waals surface area contributed by atoms with Gasteiger partial charge in [-0.25, -0.2) is 0 Å². The first-order valence-electron chi connectivity index (χ1n) is 5.90. The molecule has 0 aliphatic rings. The van der Waals surface area contributed by atoms with Gasteiger partial charge in [0, 0.05) is 20.5 Å². The average molecular weight is 282 g/mol. The summed E-state index contributed by atoms with van der Waals surface area (Å²) >= 11 is 0. The number of carboxylic acid groups (broad SMARTS) is 1. The number of carbonyl (C=O) groups is 2. The van der Waals surface area contributed by atoms with Crippen LogP contribution < -0.4 is 0 Å². The van der Waals surface area contributed by atoms with Gasteiger partial charge in [0.1, 0.15) is 6.10 Å². The van der Waals surface area contributed by atoms with Gasteiger partial charge in [0.25, 0.3) is 5.97 Å². The van der Waals surface area contributed by atoms with Crippen LogP contribution in [0, 0.1) is 0 Å². The maximum Gasteiger partial charge on any atom is 0.302 e. The molecule has 2 unspecified atom stereocenters. The first kappa shape index (κ1) is 23.0. The van der Waals surface area contributed by atoms with E-state index in [1.165, 1.54) is 13.8 Å². The molecule has 0 aromatic heterocycles. The fourth-order valence-corrected chi connectivity index (χ4v) is 0.601. The summed E-state index contributed by atoms with van der Waals surface area (Å²) < 4.78 is 9.81. The molecule has 0 saturated carbocycles. The number of hydrogen-bond donors (Lipinski definition) is 3. The summed E-state index contributed by atoms with van der Waals surface area (Å²) in [5.74, 6) is -1.09. The van der Waals surface area contributed by atoms with Gasteiger partial charge in [-0.1, -0.05) is 0 Å². The second-order valence-corrected chi connectivity index (χ2v) is 3.63. The first-order chi connectivity index (χ1) is 8.67. The Morgan fingerprint density at radius 3 is 1.79 bits per heavy atom. The van der Waals surface area contributed by atoms with Crippen LogP contribution >= 0.6 is 0 Å². The Bertz CT molecular complexity index is 212. The Balaban J connectivity index is -0.000000238. The number of aliphatic hydroxyl groups excluding tert-OH is 2. The molecule has 0 amide bonds. The van der Waals surface area contributed by atoms with Crippen LogP contribution in [0.4, 0.5) is 0 Å². The molecule has 0 fully saturated rings. The minimum absolute atomic E-state index is 0.127. The lowest BCUT2D eigenvalue weighted by atomic mass is 10.4. The van der Waals surface area contributed by atoms with Crippen molar-refractivity contribution in [2.45, 2.75) is 46.8 Å². The number of carboxylic acids is 1. The van der Waals surface area contributed by atoms with Crippen LogP contribution in [-0.2, 0) is 19.1 Å². The van der Waals surface area contributed by atoms with Crippen molar-refractivity contribution in [1.29, 1.82) is 0 Å². The number of aliphatic hydroxyl groups is 2. The molecule has 19 heavy (non-hydrogen) atoms. The maximum atomic E-state index is 10.3. The molecule has 0 spiro atoms. The lowest BCUT2D eigenvalue weighted by Crippen LogP contribution is -2.18. The highest BCUT2D eigenvalue weighted by molar-refractivity contribution is 5.66. The normalized spacial score (nSPS) is 11.9. The maximum absolute atomic E-state index is 10.3. The van der Waals surface area contributed by atoms with Crippen molar-refractivity contribution in [3.05, 3.63) is 0 Å². The molecule has 0 rings (SSSR count). The molecule has 2 atom stereocenters. The third-order valence-electron chi connectivity index (χ3n) is 1.19. The van der Waals surface area contributed by atoms with Crippen LogP contribution in [0.1, 0.15) is 34.6 Å². The van der Waals surface area contributed by atoms with Gasteiger partial charge in [0.05, 0.1) is 19.3 Å². The van der Waals surface area contributed by atoms with Gasteiger partial charge in [0.2, 0.25) is 0 Å². The van der Waals surface area contributed by atoms with E-state index in [9.17, 15) is 4.79 Å². The number of carbonyl (C=O) groups excluding carboxylic acids is 1. The Morgan fingerprint density at radius 1 is 1.21 bits per heavy atom. The summed E-state index contributed by atoms with van der Waals surface area (Å²) in [6, 6.07) is 0. The zero-order valence-corrected chi connectivity index (χ0v) is 12.3. The van der Waals surface area contributed by atoms with Gasteiger partial charge >= 0.3 is 5.97 Å². The number of rotatable bonds is 5. The molecule has 0 aromatic rings. The van der Waals surface area contributed by atoms with Crippen molar-refractivity contribution in [3.63, 3.8) is 0 Å². The molecule has 116 valence electrons. The Kier molecular flexibility index (Phi) is 20.3. The van der Waals surface area contributed by atoms with Crippen molar-refractivity contribution in [3.8, 4) is 0 Å². The predicted molar refractivity (Wildman–Crippen MR) is 69.8 cm³/mol. The minimum Gasteiger partial charge on any atom is -0.481 e. The second kappa shape index (κ2) is 16.8. The third kappa shape index (κ3) is 47.5. The van der Waals surface area contributed by atoms with Crippen LogP contribution in [0.25, 0.3) is 0 Å². The molecule has 0 bridgehead atoms. The smallest absolute Gasteiger partial charge is 0.302 e. The highest BCUT2D eigenvalue weighted by atomic mass is 16.6. The van der Waals surface area contributed by atoms with Gasteiger partial charge < -0.3 is 24.8 Å². The van der Waals surface area contributed by atoms with Gasteiger partial charge in [-0.15, -0.1) is 0 Å². The fourth-order valence-electron chi connectivity index (χ4n) is 0.601. The molecular weight excluding hydrogens is 256 g/mol. The van der Waals surface area contributed by atoms with Crippen LogP contribution in [0.2, 0.25) is 0 Å². The summed E-state index contributed by atoms with van der Waals surface area (Å²) in [7, 11) is 0. The zero-order chi connectivity index (χ0) is 15.8. The quantitative estimate of drug-likeness (QED) is 0.626. The van der Waals surface area contributed by atoms with E-state index in [2.05, 4.69) is 0 Å². The van der Waals surface area contributed by atoms with Crippen LogP contribution in [0.3, 0.4) is 0 Å². The van der Waals surface area contributed by atoms with Crippen molar-refractivity contribution < 1.29 is 34.4 Å². The highest BCUT2D eigenvalue weighted by Crippen LogP contribution is 1.91. The van der Waals surface area contributed by atoms with E-state index in [0.29, 0.717) is 13.2 Å². The van der Waals surface area contributed by atoms with Crippen molar-refractivity contribution >= 4 is 11.9 Å². The minimum atomic E-state index is -0.833. The largest absolute Gasteiger partial charge is 0.481 e. The van der Waals surface area contributed by atoms with E-state index in [-0.39, 0.29) is 18.7 Å². The van der Waals surface area contributed by atoms with E-state index in [1.807, 2.05) is 6.92 Å². The zero-order valence-electron chi connectivity index (χ0n) is 12.3. The predicted octanol–water partition coefficient (Wildman–Crippen LogP) is 0.425. The fraction of sp³-hybridized carbons (Fsp3) is 0.833. The molecule has 7 heteroatoms. The Morgan fingerprint density at radius 2 is 1.58 bits per heavy atom. The molecule has 0 saturated heterocycles. The third-order valence-corrected chi connectivity index (χ3v) is 1.19. The summed E-state index contributed by atoms with van der Waals surface area (Å²) in [6.07, 6.45) is -0.688. The van der Waals surface area contributed by atoms with E-state index in [0.717, 1.165) is 6.92 Å². The monoisotopic (exact) mass is 282 g/mol. The summed E-state index contributed by atoms with van der Waals surface area (Å²) in [4.78, 5) is 19.3. The molecule has 0 radical (unpaired) electrons. The first-order valence-corrected chi connectivity index (χ1v) is 5.90. The van der Waals surface area contributed by atoms with Crippen molar-refractivity contribution in [1.82, 2.24) is 0 Å². The van der Waals surface area contributed by atoms with Gasteiger partial charge in [0.15, 0.2) is 0 Å². The molecule has 7 nitrogen and oxygen atoms in total. The van der Waals surface area contributed by atoms with Crippen LogP contribution in [0.5, 0.6) is 0 Å². The summed E-state index contributed by atoms with van der Waals surface area (Å²) in [5, 5.41) is 23.4. The molecular formula is C12H26O7. The Labute approximate surface area is 114 Å². The lowest BCUT2D eigenvalue weighted by Gasteiger charge is -2.10. The van der Waals surface area contributed by atoms with Gasteiger partial charge in [-0.05, 0) is 20.8 Å². The average Bonchev–Trinajstić information content (AvgIpc) is 2.25. The number of ether oxygens (including phenoxy) is 2. The molecule has 3 N–H and O–H groups in total. The van der Waals surface area contributed by atoms with E-state index < -0.39 is 12.1 Å². The Hall–Kier alpha value is -1.18. The van der Waals surface area contributed by atoms with E-state index in [4.69, 9.17) is 29.6 Å². The molecule has 0 heterocycles. The van der Waals surface area contributed by atoms with Gasteiger partial charge in [-0.3, -0.25) is 9.59 Å². The molecule has 0 aliphatic carbocycles. The number of esters is 1. The number of aliphatic carboxylic acids is 1. The van der Waals surface area contributed by atoms with E-state index >= 15 is 0 Å². The highest BCUT2D eigenvalue weighted by Gasteiger charge is 2.03. The molecule has 0 aromatic carbocycles. The van der Waals surface area contributed by atoms with Crippen LogP contribution in [-0.4, -0.2) is 59.3 Å². The topological polar surface area (TPSA) is 113 Å². The SMILES string of the molecule is CC(=O)O.CC(O)CO.CCOCC(C)OC(C)=O. The van der Waals surface area contributed by atoms with E-state index in [1.54, 1.807) is 6.92 Å². The van der Waals surface area contributed by atoms with Crippen molar-refractivity contribution in [2.75, 3.05) is 19.8 Å². The summed E-state index contributed by atoms with van der Waals surface area (Å²) in [5.41, 5.74) is 0. The second-order valence-electron chi connectivity index (χ2n) is 3.63. The van der Waals surface area contributed by atoms with Crippen molar-refractivity contribution in [2.24, 2.45) is 0 Å². The van der Waals surface area contributed by atoms with Gasteiger partial charge in [-0.2, -0.15) is 0 Å². The standard InChI is InChI=1S/C7H14O3.C3H8O2.C2H4O2/c1-4-9-5-6(2)10-7(3)8;1-3(5)2-4;1-2(3)4/h6H,4-5H2,1-3H3;3-5H,2H2,1H3;1H3,(H,3,4). The van der Waals surface area contributed by atoms with Crippen LogP contribution in [0.15, 0.2) is 0 Å². The summed E-state index contributed by atoms with van der Waals surface area (Å²) in [6.45, 7) is 8.71. The molecule has 0 aliphatic heterocycles. The number of hydrogen-bond acceptors (Lipinski definition) is 6.